The van der Waals surface area contributed by atoms with Gasteiger partial charge in [0.25, 0.3) is 5.91 Å². The first kappa shape index (κ1) is 20.6. The Bertz CT molecular complexity index is 1000. The van der Waals surface area contributed by atoms with Crippen LogP contribution in [-0.4, -0.2) is 17.5 Å². The van der Waals surface area contributed by atoms with Crippen LogP contribution in [0.2, 0.25) is 10.0 Å². The first-order valence-electron chi connectivity index (χ1n) is 8.77. The first-order valence-corrected chi connectivity index (χ1v) is 10.4. The second kappa shape index (κ2) is 8.95. The molecule has 0 bridgehead atoms. The van der Waals surface area contributed by atoms with Gasteiger partial charge in [0.1, 0.15) is 5.75 Å². The molecule has 0 saturated carbocycles. The molecular formula is C21H20Cl2N2O2S. The van der Waals surface area contributed by atoms with Crippen molar-refractivity contribution >= 4 is 45.6 Å². The number of nitrogens with one attached hydrogen (secondary N) is 1. The molecule has 0 fully saturated rings. The summed E-state index contributed by atoms with van der Waals surface area (Å²) in [6.45, 7) is 6.10. The maximum atomic E-state index is 12.3. The van der Waals surface area contributed by atoms with Crippen LogP contribution in [-0.2, 0) is 4.79 Å². The number of carbonyl (C=O) groups excluding carboxylic acids is 1. The van der Waals surface area contributed by atoms with Gasteiger partial charge >= 0.3 is 0 Å². The van der Waals surface area contributed by atoms with Gasteiger partial charge in [0.2, 0.25) is 0 Å². The summed E-state index contributed by atoms with van der Waals surface area (Å²) in [5.41, 5.74) is 3.61. The number of hydrogen-bond donors (Lipinski definition) is 1. The van der Waals surface area contributed by atoms with Crippen LogP contribution in [0, 0.1) is 6.92 Å². The highest BCUT2D eigenvalue weighted by atomic mass is 35.5. The molecule has 1 heterocycles. The SMILES string of the molecule is Cc1ccc(C(C)C)c(OCC(=O)Nc2nc(-c3ccc(Cl)cc3Cl)cs2)c1. The van der Waals surface area contributed by atoms with E-state index >= 15 is 0 Å². The summed E-state index contributed by atoms with van der Waals surface area (Å²) in [7, 11) is 0. The van der Waals surface area contributed by atoms with Gasteiger partial charge in [-0.05, 0) is 48.2 Å². The molecule has 1 aromatic heterocycles. The molecular weight excluding hydrogens is 415 g/mol. The molecule has 0 saturated heterocycles. The third-order valence-corrected chi connectivity index (χ3v) is 5.41. The van der Waals surface area contributed by atoms with Crippen LogP contribution >= 0.6 is 34.5 Å². The van der Waals surface area contributed by atoms with Crippen molar-refractivity contribution in [2.24, 2.45) is 0 Å². The number of nitrogens with zero attached hydrogens (tertiary/aromatic N) is 1. The van der Waals surface area contributed by atoms with E-state index in [-0.39, 0.29) is 12.5 Å². The maximum absolute atomic E-state index is 12.3. The van der Waals surface area contributed by atoms with Gasteiger partial charge in [-0.1, -0.05) is 49.2 Å². The van der Waals surface area contributed by atoms with Gasteiger partial charge in [0, 0.05) is 16.0 Å². The fraction of sp³-hybridized carbons (Fsp3) is 0.238. The molecule has 7 heteroatoms. The molecule has 1 N–H and O–H groups in total. The van der Waals surface area contributed by atoms with Crippen molar-refractivity contribution in [3.8, 4) is 17.0 Å². The van der Waals surface area contributed by atoms with Gasteiger partial charge in [0.05, 0.1) is 10.7 Å². The number of aryl methyl sites for hydroxylation is 1. The summed E-state index contributed by atoms with van der Waals surface area (Å²) in [6.07, 6.45) is 0. The number of ether oxygens (including phenoxy) is 1. The number of carbonyl (C=O) groups is 1. The number of hydrogen-bond acceptors (Lipinski definition) is 4. The lowest BCUT2D eigenvalue weighted by molar-refractivity contribution is -0.118. The minimum absolute atomic E-state index is 0.0835. The molecule has 0 aliphatic heterocycles. The molecule has 0 aliphatic rings. The number of benzene rings is 2. The van der Waals surface area contributed by atoms with Crippen LogP contribution in [0.4, 0.5) is 5.13 Å². The minimum Gasteiger partial charge on any atom is -0.483 e. The summed E-state index contributed by atoms with van der Waals surface area (Å²) >= 11 is 13.5. The zero-order valence-corrected chi connectivity index (χ0v) is 18.1. The Labute approximate surface area is 178 Å². The molecule has 0 radical (unpaired) electrons. The monoisotopic (exact) mass is 434 g/mol. The van der Waals surface area contributed by atoms with E-state index in [0.29, 0.717) is 26.8 Å². The van der Waals surface area contributed by atoms with Crippen LogP contribution in [0.5, 0.6) is 5.75 Å². The third kappa shape index (κ3) is 5.04. The molecule has 3 rings (SSSR count). The van der Waals surface area contributed by atoms with Crippen molar-refractivity contribution in [1.29, 1.82) is 0 Å². The second-order valence-corrected chi connectivity index (χ2v) is 8.40. The third-order valence-electron chi connectivity index (χ3n) is 4.11. The summed E-state index contributed by atoms with van der Waals surface area (Å²) in [6, 6.07) is 11.3. The van der Waals surface area contributed by atoms with E-state index in [1.165, 1.54) is 11.3 Å². The predicted molar refractivity (Wildman–Crippen MR) is 117 cm³/mol. The molecule has 4 nitrogen and oxygen atoms in total. The van der Waals surface area contributed by atoms with Gasteiger partial charge in [-0.2, -0.15) is 0 Å². The highest BCUT2D eigenvalue weighted by Crippen LogP contribution is 2.32. The van der Waals surface area contributed by atoms with E-state index in [9.17, 15) is 4.79 Å². The smallest absolute Gasteiger partial charge is 0.264 e. The van der Waals surface area contributed by atoms with Crippen molar-refractivity contribution in [3.63, 3.8) is 0 Å². The van der Waals surface area contributed by atoms with Gasteiger partial charge in [-0.25, -0.2) is 4.98 Å². The molecule has 28 heavy (non-hydrogen) atoms. The van der Waals surface area contributed by atoms with E-state index in [2.05, 4.69) is 24.1 Å². The topological polar surface area (TPSA) is 51.2 Å². The average molecular weight is 435 g/mol. The van der Waals surface area contributed by atoms with E-state index in [4.69, 9.17) is 27.9 Å². The molecule has 0 atom stereocenters. The van der Waals surface area contributed by atoms with Crippen LogP contribution in [0.15, 0.2) is 41.8 Å². The Balaban J connectivity index is 1.65. The van der Waals surface area contributed by atoms with Crippen LogP contribution in [0.25, 0.3) is 11.3 Å². The molecule has 3 aromatic rings. The van der Waals surface area contributed by atoms with Crippen molar-refractivity contribution < 1.29 is 9.53 Å². The summed E-state index contributed by atoms with van der Waals surface area (Å²) in [5.74, 6) is 0.779. The van der Waals surface area contributed by atoms with Crippen LogP contribution in [0.3, 0.4) is 0 Å². The number of amides is 1. The molecule has 2 aromatic carbocycles. The Morgan fingerprint density at radius 2 is 2.00 bits per heavy atom. The highest BCUT2D eigenvalue weighted by Gasteiger charge is 2.13. The lowest BCUT2D eigenvalue weighted by Gasteiger charge is -2.14. The predicted octanol–water partition coefficient (Wildman–Crippen LogP) is 6.57. The largest absolute Gasteiger partial charge is 0.483 e. The quantitative estimate of drug-likeness (QED) is 0.477. The number of anilines is 1. The summed E-state index contributed by atoms with van der Waals surface area (Å²) in [4.78, 5) is 16.7. The Hall–Kier alpha value is -2.08. The molecule has 0 spiro atoms. The first-order chi connectivity index (χ1) is 13.3. The standard InChI is InChI=1S/C21H20Cl2N2O2S/c1-12(2)15-6-4-13(3)8-19(15)27-10-20(26)25-21-24-18(11-28-21)16-7-5-14(22)9-17(16)23/h4-9,11-12H,10H2,1-3H3,(H,24,25,26). The van der Waals surface area contributed by atoms with Crippen molar-refractivity contribution in [2.45, 2.75) is 26.7 Å². The molecule has 0 aliphatic carbocycles. The summed E-state index contributed by atoms with van der Waals surface area (Å²) in [5, 5.41) is 6.17. The zero-order valence-electron chi connectivity index (χ0n) is 15.8. The number of rotatable bonds is 6. The number of aromatic nitrogens is 1. The lowest BCUT2D eigenvalue weighted by Crippen LogP contribution is -2.20. The fourth-order valence-electron chi connectivity index (χ4n) is 2.69. The molecule has 0 unspecified atom stereocenters. The van der Waals surface area contributed by atoms with Crippen molar-refractivity contribution in [2.75, 3.05) is 11.9 Å². The zero-order chi connectivity index (χ0) is 20.3. The van der Waals surface area contributed by atoms with E-state index in [1.807, 2.05) is 30.5 Å². The highest BCUT2D eigenvalue weighted by molar-refractivity contribution is 7.14. The summed E-state index contributed by atoms with van der Waals surface area (Å²) < 4.78 is 5.77. The van der Waals surface area contributed by atoms with E-state index in [1.54, 1.807) is 18.2 Å². The van der Waals surface area contributed by atoms with Gasteiger partial charge in [-0.3, -0.25) is 10.1 Å². The van der Waals surface area contributed by atoms with Crippen molar-refractivity contribution in [1.82, 2.24) is 4.98 Å². The second-order valence-electron chi connectivity index (χ2n) is 6.69. The van der Waals surface area contributed by atoms with Crippen LogP contribution < -0.4 is 10.1 Å². The lowest BCUT2D eigenvalue weighted by atomic mass is 10.0. The Kier molecular flexibility index (Phi) is 6.60. The Morgan fingerprint density at radius 1 is 1.21 bits per heavy atom. The number of halogens is 2. The maximum Gasteiger partial charge on any atom is 0.264 e. The number of thiazole rings is 1. The van der Waals surface area contributed by atoms with Gasteiger partial charge in [0.15, 0.2) is 11.7 Å². The van der Waals surface area contributed by atoms with Crippen molar-refractivity contribution in [3.05, 3.63) is 63.0 Å². The van der Waals surface area contributed by atoms with Crippen LogP contribution in [0.1, 0.15) is 30.9 Å². The van der Waals surface area contributed by atoms with Gasteiger partial charge < -0.3 is 4.74 Å². The fourth-order valence-corrected chi connectivity index (χ4v) is 3.93. The van der Waals surface area contributed by atoms with Gasteiger partial charge in [-0.15, -0.1) is 11.3 Å². The normalized spacial score (nSPS) is 10.9. The molecule has 1 amide bonds. The van der Waals surface area contributed by atoms with E-state index < -0.39 is 0 Å². The van der Waals surface area contributed by atoms with E-state index in [0.717, 1.165) is 22.4 Å². The average Bonchev–Trinajstić information content (AvgIpc) is 3.07. The Morgan fingerprint density at radius 3 is 2.71 bits per heavy atom. The minimum atomic E-state index is -0.265. The molecule has 146 valence electrons.